The normalized spacial score (nSPS) is 15.2. The van der Waals surface area contributed by atoms with E-state index in [1.807, 2.05) is 66.9 Å². The second-order valence-electron chi connectivity index (χ2n) is 7.47. The zero-order chi connectivity index (χ0) is 23.5. The van der Waals surface area contributed by atoms with Gasteiger partial charge in [-0.2, -0.15) is 10.4 Å². The highest BCUT2D eigenvalue weighted by Gasteiger charge is 2.34. The number of para-hydroxylation sites is 1. The van der Waals surface area contributed by atoms with Crippen molar-refractivity contribution in [2.45, 2.75) is 13.8 Å². The summed E-state index contributed by atoms with van der Waals surface area (Å²) in [7, 11) is 1.60. The number of amides is 2. The quantitative estimate of drug-likeness (QED) is 0.441. The summed E-state index contributed by atoms with van der Waals surface area (Å²) in [6.07, 6.45) is 3.53. The number of imide groups is 1. The third-order valence-corrected chi connectivity index (χ3v) is 5.55. The topological polar surface area (TPSA) is 88.2 Å². The maximum absolute atomic E-state index is 13.1. The van der Waals surface area contributed by atoms with Gasteiger partial charge in [0.25, 0.3) is 11.8 Å². The molecular weight excluding hydrogens is 416 g/mol. The average Bonchev–Trinajstić information content (AvgIpc) is 3.27. The average molecular weight is 438 g/mol. The van der Waals surface area contributed by atoms with Gasteiger partial charge in [0.05, 0.1) is 12.8 Å². The Hall–Kier alpha value is -4.44. The largest absolute Gasteiger partial charge is 0.497 e. The van der Waals surface area contributed by atoms with Gasteiger partial charge in [-0.15, -0.1) is 0 Å². The second kappa shape index (κ2) is 8.97. The van der Waals surface area contributed by atoms with Gasteiger partial charge in [-0.1, -0.05) is 30.3 Å². The molecule has 4 rings (SSSR count). The van der Waals surface area contributed by atoms with E-state index in [4.69, 9.17) is 9.84 Å². The second-order valence-corrected chi connectivity index (χ2v) is 7.47. The Kier molecular flexibility index (Phi) is 5.92. The molecule has 33 heavy (non-hydrogen) atoms. The van der Waals surface area contributed by atoms with Crippen molar-refractivity contribution in [3.8, 4) is 28.8 Å². The third kappa shape index (κ3) is 3.94. The fourth-order valence-corrected chi connectivity index (χ4v) is 3.77. The highest BCUT2D eigenvalue weighted by molar-refractivity contribution is 6.19. The summed E-state index contributed by atoms with van der Waals surface area (Å²) < 4.78 is 7.11. The van der Waals surface area contributed by atoms with Crippen molar-refractivity contribution >= 4 is 17.9 Å². The summed E-state index contributed by atoms with van der Waals surface area (Å²) in [5.74, 6) is -0.310. The lowest BCUT2D eigenvalue weighted by molar-refractivity contribution is -0.140. The Labute approximate surface area is 191 Å². The Bertz CT molecular complexity index is 1340. The Morgan fingerprint density at radius 2 is 1.85 bits per heavy atom. The van der Waals surface area contributed by atoms with Gasteiger partial charge in [0, 0.05) is 29.4 Å². The number of benzene rings is 2. The van der Waals surface area contributed by atoms with E-state index in [0.717, 1.165) is 16.2 Å². The molecular formula is C26H22N4O3. The van der Waals surface area contributed by atoms with Crippen molar-refractivity contribution < 1.29 is 14.3 Å². The molecule has 3 aromatic rings. The number of carbonyl (C=O) groups is 2. The summed E-state index contributed by atoms with van der Waals surface area (Å²) in [6.45, 7) is 3.51. The van der Waals surface area contributed by atoms with Crippen LogP contribution in [-0.2, 0) is 9.59 Å². The first-order chi connectivity index (χ1) is 16.0. The number of hydrogen-bond donors (Lipinski definition) is 0. The molecule has 1 aliphatic rings. The summed E-state index contributed by atoms with van der Waals surface area (Å²) >= 11 is 0. The molecule has 0 radical (unpaired) electrons. The summed E-state index contributed by atoms with van der Waals surface area (Å²) in [5.41, 5.74) is 3.62. The molecule has 0 fully saturated rings. The number of hydrogen-bond acceptors (Lipinski definition) is 5. The van der Waals surface area contributed by atoms with E-state index in [2.05, 4.69) is 0 Å². The molecule has 2 heterocycles. The fraction of sp³-hybridized carbons (Fsp3) is 0.154. The van der Waals surface area contributed by atoms with Crippen LogP contribution in [0.1, 0.15) is 19.4 Å². The Morgan fingerprint density at radius 1 is 1.09 bits per heavy atom. The fourth-order valence-electron chi connectivity index (χ4n) is 3.77. The van der Waals surface area contributed by atoms with E-state index < -0.39 is 11.8 Å². The number of carbonyl (C=O) groups excluding carboxylic acids is 2. The highest BCUT2D eigenvalue weighted by atomic mass is 16.5. The van der Waals surface area contributed by atoms with Crippen molar-refractivity contribution in [3.05, 3.63) is 83.1 Å². The zero-order valence-electron chi connectivity index (χ0n) is 18.6. The molecule has 7 heteroatoms. The molecule has 0 saturated heterocycles. The van der Waals surface area contributed by atoms with Gasteiger partial charge in [0.15, 0.2) is 0 Å². The van der Waals surface area contributed by atoms with Crippen LogP contribution < -0.4 is 4.74 Å². The van der Waals surface area contributed by atoms with E-state index in [0.29, 0.717) is 28.2 Å². The van der Waals surface area contributed by atoms with Crippen LogP contribution in [0.2, 0.25) is 0 Å². The first-order valence-corrected chi connectivity index (χ1v) is 10.5. The minimum Gasteiger partial charge on any atom is -0.497 e. The lowest BCUT2D eigenvalue weighted by Crippen LogP contribution is -2.42. The van der Waals surface area contributed by atoms with Crippen LogP contribution in [0.4, 0.5) is 0 Å². The van der Waals surface area contributed by atoms with E-state index in [1.54, 1.807) is 31.7 Å². The summed E-state index contributed by atoms with van der Waals surface area (Å²) in [4.78, 5) is 26.7. The van der Waals surface area contributed by atoms with Crippen LogP contribution in [0.25, 0.3) is 23.0 Å². The highest BCUT2D eigenvalue weighted by Crippen LogP contribution is 2.32. The number of rotatable bonds is 5. The molecule has 2 amide bonds. The Balaban J connectivity index is 1.94. The monoisotopic (exact) mass is 438 g/mol. The minimum atomic E-state index is -0.562. The third-order valence-electron chi connectivity index (χ3n) is 5.55. The Morgan fingerprint density at radius 3 is 2.52 bits per heavy atom. The molecule has 7 nitrogen and oxygen atoms in total. The zero-order valence-corrected chi connectivity index (χ0v) is 18.6. The van der Waals surface area contributed by atoms with Crippen LogP contribution in [-0.4, -0.2) is 40.1 Å². The molecule has 0 N–H and O–H groups in total. The first-order valence-electron chi connectivity index (χ1n) is 10.5. The number of nitrogens with zero attached hydrogens (tertiary/aromatic N) is 4. The van der Waals surface area contributed by atoms with Gasteiger partial charge in [-0.25, -0.2) is 4.68 Å². The van der Waals surface area contributed by atoms with E-state index >= 15 is 0 Å². The lowest BCUT2D eigenvalue weighted by Gasteiger charge is -2.26. The maximum Gasteiger partial charge on any atom is 0.271 e. The van der Waals surface area contributed by atoms with Gasteiger partial charge in [0.1, 0.15) is 23.1 Å². The van der Waals surface area contributed by atoms with Gasteiger partial charge in [-0.3, -0.25) is 14.5 Å². The van der Waals surface area contributed by atoms with Crippen LogP contribution in [0, 0.1) is 11.3 Å². The SMILES string of the molecule is CCN1C(=O)C(C#N)=C(C)/C(=C\c2cn(-c3ccccc3)nc2-c2cccc(OC)c2)C1=O. The molecule has 1 aliphatic heterocycles. The molecule has 0 aliphatic carbocycles. The molecule has 0 bridgehead atoms. The molecule has 0 unspecified atom stereocenters. The van der Waals surface area contributed by atoms with Crippen LogP contribution in [0.15, 0.2) is 77.5 Å². The predicted octanol–water partition coefficient (Wildman–Crippen LogP) is 4.16. The van der Waals surface area contributed by atoms with E-state index in [9.17, 15) is 14.9 Å². The lowest BCUT2D eigenvalue weighted by atomic mass is 9.93. The number of likely N-dealkylation sites (N-methyl/N-ethyl adjacent to an activating group) is 1. The summed E-state index contributed by atoms with van der Waals surface area (Å²) in [6, 6.07) is 19.1. The number of aromatic nitrogens is 2. The van der Waals surface area contributed by atoms with Crippen molar-refractivity contribution in [1.82, 2.24) is 14.7 Å². The van der Waals surface area contributed by atoms with Crippen molar-refractivity contribution in [1.29, 1.82) is 5.26 Å². The van der Waals surface area contributed by atoms with Gasteiger partial charge in [-0.05, 0) is 49.8 Å². The standard InChI is InChI=1S/C26H22N4O3/c1-4-29-25(31)22(17(2)23(15-27)26(29)32)14-19-16-30(20-10-6-5-7-11-20)28-24(19)18-9-8-12-21(13-18)33-3/h5-14,16H,4H2,1-3H3/b22-14+. The molecule has 0 spiro atoms. The number of methoxy groups -OCH3 is 1. The van der Waals surface area contributed by atoms with Gasteiger partial charge < -0.3 is 4.74 Å². The predicted molar refractivity (Wildman–Crippen MR) is 124 cm³/mol. The molecule has 2 aromatic carbocycles. The number of ether oxygens (including phenoxy) is 1. The molecule has 0 saturated carbocycles. The molecule has 164 valence electrons. The van der Waals surface area contributed by atoms with Gasteiger partial charge >= 0.3 is 0 Å². The van der Waals surface area contributed by atoms with Crippen LogP contribution >= 0.6 is 0 Å². The molecule has 1 aromatic heterocycles. The first kappa shape index (κ1) is 21.8. The van der Waals surface area contributed by atoms with Crippen molar-refractivity contribution in [3.63, 3.8) is 0 Å². The molecule has 0 atom stereocenters. The number of nitriles is 1. The maximum atomic E-state index is 13.1. The minimum absolute atomic E-state index is 0.0268. The van der Waals surface area contributed by atoms with Crippen molar-refractivity contribution in [2.24, 2.45) is 0 Å². The van der Waals surface area contributed by atoms with Crippen molar-refractivity contribution in [2.75, 3.05) is 13.7 Å². The van der Waals surface area contributed by atoms with Gasteiger partial charge in [0.2, 0.25) is 0 Å². The summed E-state index contributed by atoms with van der Waals surface area (Å²) in [5, 5.41) is 14.3. The van der Waals surface area contributed by atoms with E-state index in [1.165, 1.54) is 0 Å². The smallest absolute Gasteiger partial charge is 0.271 e. The van der Waals surface area contributed by atoms with E-state index in [-0.39, 0.29) is 12.1 Å². The van der Waals surface area contributed by atoms with Crippen LogP contribution in [0.5, 0.6) is 5.75 Å². The van der Waals surface area contributed by atoms with Crippen LogP contribution in [0.3, 0.4) is 0 Å².